The van der Waals surface area contributed by atoms with Crippen molar-refractivity contribution < 1.29 is 4.39 Å². The molecule has 0 aliphatic carbocycles. The minimum atomic E-state index is -0.294. The Morgan fingerprint density at radius 3 is 2.64 bits per heavy atom. The number of hydrogen-bond acceptors (Lipinski definition) is 5. The van der Waals surface area contributed by atoms with Gasteiger partial charge in [0.05, 0.1) is 6.21 Å². The lowest BCUT2D eigenvalue weighted by molar-refractivity contribution is 0.628. The molecule has 0 saturated carbocycles. The number of benzene rings is 3. The van der Waals surface area contributed by atoms with Crippen LogP contribution in [0.25, 0.3) is 10.8 Å². The van der Waals surface area contributed by atoms with Gasteiger partial charge >= 0.3 is 0 Å². The number of nitrogens with zero attached hydrogens (tertiary/aromatic N) is 5. The van der Waals surface area contributed by atoms with E-state index in [1.165, 1.54) is 16.9 Å². The van der Waals surface area contributed by atoms with Crippen LogP contribution in [0.5, 0.6) is 0 Å². The van der Waals surface area contributed by atoms with E-state index >= 15 is 0 Å². The van der Waals surface area contributed by atoms with Gasteiger partial charge in [-0.3, -0.25) is 0 Å². The van der Waals surface area contributed by atoms with Gasteiger partial charge < -0.3 is 5.32 Å². The second-order valence-corrected chi connectivity index (χ2v) is 5.34. The molecule has 1 heterocycles. The number of halogens is 1. The van der Waals surface area contributed by atoms with Crippen LogP contribution in [0.2, 0.25) is 0 Å². The summed E-state index contributed by atoms with van der Waals surface area (Å²) in [6.45, 7) is 0. The normalized spacial score (nSPS) is 11.2. The first-order chi connectivity index (χ1) is 12.3. The quantitative estimate of drug-likeness (QED) is 0.580. The summed E-state index contributed by atoms with van der Waals surface area (Å²) in [4.78, 5) is 1.28. The zero-order valence-electron chi connectivity index (χ0n) is 13.0. The van der Waals surface area contributed by atoms with Gasteiger partial charge in [-0.05, 0) is 39.6 Å². The topological polar surface area (TPSA) is 68.0 Å². The Morgan fingerprint density at radius 1 is 0.960 bits per heavy atom. The Hall–Kier alpha value is -3.61. The zero-order chi connectivity index (χ0) is 17.1. The van der Waals surface area contributed by atoms with Crippen LogP contribution in [0.15, 0.2) is 71.8 Å². The lowest BCUT2D eigenvalue weighted by Gasteiger charge is -2.07. The fourth-order valence-electron chi connectivity index (χ4n) is 2.46. The average Bonchev–Trinajstić information content (AvgIpc) is 3.09. The van der Waals surface area contributed by atoms with Gasteiger partial charge in [-0.15, -0.1) is 0 Å². The van der Waals surface area contributed by atoms with Gasteiger partial charge in [0.1, 0.15) is 5.82 Å². The monoisotopic (exact) mass is 332 g/mol. The fraction of sp³-hybridized carbons (Fsp3) is 0. The molecule has 0 amide bonds. The van der Waals surface area contributed by atoms with Crippen LogP contribution in [0, 0.1) is 5.82 Å². The second kappa shape index (κ2) is 6.48. The van der Waals surface area contributed by atoms with Crippen molar-refractivity contribution in [2.45, 2.75) is 0 Å². The van der Waals surface area contributed by atoms with E-state index < -0.39 is 0 Å². The van der Waals surface area contributed by atoms with Crippen molar-refractivity contribution in [2.75, 3.05) is 5.32 Å². The van der Waals surface area contributed by atoms with Gasteiger partial charge in [-0.25, -0.2) is 4.39 Å². The summed E-state index contributed by atoms with van der Waals surface area (Å²) in [7, 11) is 0. The number of aromatic nitrogens is 4. The van der Waals surface area contributed by atoms with E-state index in [0.29, 0.717) is 5.95 Å². The van der Waals surface area contributed by atoms with Crippen molar-refractivity contribution in [3.05, 3.63) is 78.1 Å². The summed E-state index contributed by atoms with van der Waals surface area (Å²) in [5.41, 5.74) is 1.62. The third-order valence-corrected chi connectivity index (χ3v) is 3.68. The smallest absolute Gasteiger partial charge is 0.269 e. The van der Waals surface area contributed by atoms with Crippen LogP contribution in [-0.2, 0) is 0 Å². The average molecular weight is 332 g/mol. The molecule has 1 aromatic heterocycles. The number of rotatable bonds is 4. The summed E-state index contributed by atoms with van der Waals surface area (Å²) in [5.74, 6) is 0.0904. The van der Waals surface area contributed by atoms with E-state index in [0.717, 1.165) is 22.0 Å². The van der Waals surface area contributed by atoms with Crippen molar-refractivity contribution in [2.24, 2.45) is 5.10 Å². The molecular weight excluding hydrogens is 319 g/mol. The van der Waals surface area contributed by atoms with Gasteiger partial charge in [-0.1, -0.05) is 58.4 Å². The van der Waals surface area contributed by atoms with E-state index in [9.17, 15) is 4.39 Å². The molecule has 0 aliphatic rings. The molecule has 3 aromatic carbocycles. The minimum Gasteiger partial charge on any atom is -0.321 e. The molecule has 0 spiro atoms. The third kappa shape index (κ3) is 3.20. The van der Waals surface area contributed by atoms with Crippen molar-refractivity contribution in [3.63, 3.8) is 0 Å². The van der Waals surface area contributed by atoms with E-state index in [4.69, 9.17) is 0 Å². The molecule has 0 unspecified atom stereocenters. The van der Waals surface area contributed by atoms with Gasteiger partial charge in [0.2, 0.25) is 0 Å². The molecule has 4 aromatic rings. The summed E-state index contributed by atoms with van der Waals surface area (Å²) in [6.07, 6.45) is 1.56. The lowest BCUT2D eigenvalue weighted by Crippen LogP contribution is -2.01. The highest BCUT2D eigenvalue weighted by Gasteiger charge is 2.07. The van der Waals surface area contributed by atoms with Gasteiger partial charge in [0.25, 0.3) is 5.95 Å². The summed E-state index contributed by atoms with van der Waals surface area (Å²) >= 11 is 0. The van der Waals surface area contributed by atoms with Gasteiger partial charge in [-0.2, -0.15) is 5.10 Å². The van der Waals surface area contributed by atoms with Crippen molar-refractivity contribution in [3.8, 4) is 0 Å². The van der Waals surface area contributed by atoms with Gasteiger partial charge in [0, 0.05) is 11.1 Å². The Morgan fingerprint density at radius 2 is 1.76 bits per heavy atom. The van der Waals surface area contributed by atoms with Crippen molar-refractivity contribution in [1.82, 2.24) is 20.3 Å². The van der Waals surface area contributed by atoms with E-state index in [1.54, 1.807) is 18.3 Å². The van der Waals surface area contributed by atoms with Crippen LogP contribution in [0.4, 0.5) is 16.0 Å². The molecule has 0 fully saturated rings. The van der Waals surface area contributed by atoms with Gasteiger partial charge in [0.15, 0.2) is 0 Å². The lowest BCUT2D eigenvalue weighted by atomic mass is 10.1. The largest absolute Gasteiger partial charge is 0.321 e. The minimum absolute atomic E-state index is 0.294. The molecule has 0 atom stereocenters. The Kier molecular flexibility index (Phi) is 3.88. The molecule has 4 rings (SSSR count). The van der Waals surface area contributed by atoms with Crippen LogP contribution in [0.3, 0.4) is 0 Å². The first-order valence-corrected chi connectivity index (χ1v) is 7.63. The molecule has 7 heteroatoms. The number of nitrogens with one attached hydrogen (secondary N) is 1. The Bertz CT molecular complexity index is 1030. The molecule has 0 aliphatic heterocycles. The summed E-state index contributed by atoms with van der Waals surface area (Å²) in [6, 6.07) is 20.0. The van der Waals surface area contributed by atoms with Crippen LogP contribution < -0.4 is 5.32 Å². The highest BCUT2D eigenvalue weighted by atomic mass is 19.1. The number of tetrazole rings is 1. The Labute approximate surface area is 142 Å². The van der Waals surface area contributed by atoms with Crippen LogP contribution >= 0.6 is 0 Å². The fourth-order valence-corrected chi connectivity index (χ4v) is 2.46. The maximum Gasteiger partial charge on any atom is 0.269 e. The SMILES string of the molecule is Fc1ccc(C=Nn2nnnc2Nc2cccc3ccccc23)cc1. The summed E-state index contributed by atoms with van der Waals surface area (Å²) in [5, 5.41) is 21.0. The number of hydrogen-bond donors (Lipinski definition) is 1. The first kappa shape index (κ1) is 14.9. The van der Waals surface area contributed by atoms with Crippen molar-refractivity contribution >= 4 is 28.6 Å². The maximum atomic E-state index is 12.9. The predicted molar refractivity (Wildman–Crippen MR) is 94.4 cm³/mol. The highest BCUT2D eigenvalue weighted by Crippen LogP contribution is 2.25. The highest BCUT2D eigenvalue weighted by molar-refractivity contribution is 5.94. The molecule has 25 heavy (non-hydrogen) atoms. The van der Waals surface area contributed by atoms with E-state index in [-0.39, 0.29) is 5.82 Å². The maximum absolute atomic E-state index is 12.9. The molecule has 122 valence electrons. The number of fused-ring (bicyclic) bond motifs is 1. The molecule has 1 N–H and O–H groups in total. The predicted octanol–water partition coefficient (Wildman–Crippen LogP) is 3.59. The standard InChI is InChI=1S/C18H13FN6/c19-15-10-8-13(9-11-15)12-20-25-18(22-23-24-25)21-17-7-3-5-14-4-1-2-6-16(14)17/h1-12H,(H,21,22,24). The third-order valence-electron chi connectivity index (χ3n) is 3.68. The first-order valence-electron chi connectivity index (χ1n) is 7.63. The number of anilines is 2. The summed E-state index contributed by atoms with van der Waals surface area (Å²) < 4.78 is 12.9. The van der Waals surface area contributed by atoms with Crippen LogP contribution in [0.1, 0.15) is 5.56 Å². The second-order valence-electron chi connectivity index (χ2n) is 5.34. The van der Waals surface area contributed by atoms with E-state index in [2.05, 4.69) is 25.9 Å². The molecular formula is C18H13FN6. The van der Waals surface area contributed by atoms with Crippen LogP contribution in [-0.4, -0.2) is 26.5 Å². The molecule has 0 bridgehead atoms. The molecule has 0 saturated heterocycles. The Balaban J connectivity index is 1.62. The van der Waals surface area contributed by atoms with Crippen molar-refractivity contribution in [1.29, 1.82) is 0 Å². The molecule has 0 radical (unpaired) electrons. The molecule has 6 nitrogen and oxygen atoms in total. The van der Waals surface area contributed by atoms with E-state index in [1.807, 2.05) is 42.5 Å². The zero-order valence-corrected chi connectivity index (χ0v) is 13.0.